The van der Waals surface area contributed by atoms with Gasteiger partial charge < -0.3 is 30.4 Å². The molecule has 2 aromatic heterocycles. The van der Waals surface area contributed by atoms with E-state index in [4.69, 9.17) is 9.72 Å². The number of morpholine rings is 1. The molecule has 0 aliphatic carbocycles. The van der Waals surface area contributed by atoms with Crippen molar-refractivity contribution in [2.75, 3.05) is 49.6 Å². The number of halogens is 1. The van der Waals surface area contributed by atoms with Crippen molar-refractivity contribution >= 4 is 29.6 Å². The Morgan fingerprint density at radius 3 is 2.78 bits per heavy atom. The van der Waals surface area contributed by atoms with E-state index in [1.807, 2.05) is 40.2 Å². The predicted molar refractivity (Wildman–Crippen MR) is 140 cm³/mol. The maximum absolute atomic E-state index is 15.1. The average molecular weight is 504 g/mol. The Bertz CT molecular complexity index is 1310. The van der Waals surface area contributed by atoms with Crippen molar-refractivity contribution in [2.24, 2.45) is 0 Å². The van der Waals surface area contributed by atoms with Crippen LogP contribution in [0.15, 0.2) is 42.9 Å². The van der Waals surface area contributed by atoms with Crippen molar-refractivity contribution in [3.63, 3.8) is 0 Å². The number of carbonyl (C=O) groups excluding carboxylic acids is 1. The summed E-state index contributed by atoms with van der Waals surface area (Å²) < 4.78 is 22.5. The number of piperidine rings is 1. The highest BCUT2D eigenvalue weighted by Crippen LogP contribution is 2.35. The molecule has 3 aliphatic heterocycles. The summed E-state index contributed by atoms with van der Waals surface area (Å²) >= 11 is 0. The lowest BCUT2D eigenvalue weighted by Gasteiger charge is -2.29. The molecule has 0 spiro atoms. The van der Waals surface area contributed by atoms with E-state index in [-0.39, 0.29) is 5.82 Å². The van der Waals surface area contributed by atoms with Crippen LogP contribution < -0.4 is 20.9 Å². The van der Waals surface area contributed by atoms with Gasteiger partial charge in [-0.15, -0.1) is 0 Å². The van der Waals surface area contributed by atoms with E-state index in [9.17, 15) is 4.79 Å². The van der Waals surface area contributed by atoms with Crippen LogP contribution in [-0.4, -0.2) is 60.4 Å². The second-order valence-corrected chi connectivity index (χ2v) is 9.55. The third-order valence-electron chi connectivity index (χ3n) is 7.22. The van der Waals surface area contributed by atoms with Gasteiger partial charge >= 0.3 is 0 Å². The first kappa shape index (κ1) is 23.6. The van der Waals surface area contributed by atoms with Gasteiger partial charge in [-0.25, -0.2) is 9.37 Å². The monoisotopic (exact) mass is 503 g/mol. The number of carbonyl (C=O) groups is 1. The molecular weight excluding hydrogens is 473 g/mol. The quantitative estimate of drug-likeness (QED) is 0.441. The Kier molecular flexibility index (Phi) is 6.58. The number of nitrogens with one attached hydrogen (secondary N) is 3. The number of hydrogen-bond donors (Lipinski definition) is 3. The van der Waals surface area contributed by atoms with Gasteiger partial charge in [-0.05, 0) is 68.0 Å². The highest BCUT2D eigenvalue weighted by atomic mass is 19.1. The predicted octanol–water partition coefficient (Wildman–Crippen LogP) is 3.40. The lowest BCUT2D eigenvalue weighted by Crippen LogP contribution is -2.36. The van der Waals surface area contributed by atoms with Gasteiger partial charge in [-0.1, -0.05) is 0 Å². The molecule has 10 heteroatoms. The molecule has 1 atom stereocenters. The third-order valence-corrected chi connectivity index (χ3v) is 7.22. The van der Waals surface area contributed by atoms with Crippen LogP contribution in [0.4, 0.5) is 21.6 Å². The summed E-state index contributed by atoms with van der Waals surface area (Å²) in [5, 5.41) is 14.4. The van der Waals surface area contributed by atoms with Gasteiger partial charge in [-0.2, -0.15) is 5.10 Å². The first-order chi connectivity index (χ1) is 18.2. The van der Waals surface area contributed by atoms with E-state index in [1.165, 1.54) is 6.07 Å². The fraction of sp³-hybridized carbons (Fsp3) is 0.370. The van der Waals surface area contributed by atoms with Crippen molar-refractivity contribution in [3.05, 3.63) is 59.8 Å². The van der Waals surface area contributed by atoms with Crippen LogP contribution in [0.5, 0.6) is 0 Å². The van der Waals surface area contributed by atoms with Crippen LogP contribution in [0, 0.1) is 5.82 Å². The summed E-state index contributed by atoms with van der Waals surface area (Å²) in [5.41, 5.74) is 4.35. The fourth-order valence-corrected chi connectivity index (χ4v) is 5.24. The number of anilines is 3. The maximum atomic E-state index is 15.1. The molecule has 5 heterocycles. The second-order valence-electron chi connectivity index (χ2n) is 9.55. The largest absolute Gasteiger partial charge is 0.378 e. The number of aromatic nitrogens is 3. The third kappa shape index (κ3) is 4.82. The molecule has 2 saturated heterocycles. The smallest absolute Gasteiger partial charge is 0.148 e. The molecule has 1 unspecified atom stereocenters. The first-order valence-electron chi connectivity index (χ1n) is 12.8. The van der Waals surface area contributed by atoms with Crippen molar-refractivity contribution in [1.82, 2.24) is 25.4 Å². The van der Waals surface area contributed by atoms with Gasteiger partial charge in [0.15, 0.2) is 0 Å². The minimum atomic E-state index is -0.556. The summed E-state index contributed by atoms with van der Waals surface area (Å²) in [4.78, 5) is 18.8. The van der Waals surface area contributed by atoms with Crippen molar-refractivity contribution in [3.8, 4) is 11.3 Å². The number of fused-ring (bicyclic) bond motifs is 1. The van der Waals surface area contributed by atoms with Crippen LogP contribution >= 0.6 is 0 Å². The van der Waals surface area contributed by atoms with E-state index in [0.717, 1.165) is 54.6 Å². The molecule has 3 aliphatic rings. The molecule has 0 bridgehead atoms. The van der Waals surface area contributed by atoms with Crippen LogP contribution in [0.25, 0.3) is 17.3 Å². The summed E-state index contributed by atoms with van der Waals surface area (Å²) in [6.07, 6.45) is 10.5. The summed E-state index contributed by atoms with van der Waals surface area (Å²) in [6.45, 7) is 4.46. The first-order valence-corrected chi connectivity index (χ1v) is 12.8. The zero-order valence-electron chi connectivity index (χ0n) is 20.5. The van der Waals surface area contributed by atoms with E-state index in [0.29, 0.717) is 49.5 Å². The molecular formula is C27H30FN7O2. The number of ether oxygens (including phenoxy) is 1. The van der Waals surface area contributed by atoms with Gasteiger partial charge in [0.1, 0.15) is 24.0 Å². The number of nitrogens with zero attached hydrogens (tertiary/aromatic N) is 4. The molecule has 1 aromatic carbocycles. The van der Waals surface area contributed by atoms with Crippen molar-refractivity contribution in [2.45, 2.75) is 24.9 Å². The molecule has 3 aromatic rings. The SMILES string of the molecule is O=CC1NC=Cc2cc(-c3cnn(C4CCNCC4)c3)nc(Nc3ccc(N4CCOCC4)c(F)c3)c21. The Balaban J connectivity index is 1.34. The minimum absolute atomic E-state index is 0.315. The summed E-state index contributed by atoms with van der Waals surface area (Å²) in [6, 6.07) is 6.87. The molecule has 192 valence electrons. The van der Waals surface area contributed by atoms with Crippen molar-refractivity contribution in [1.29, 1.82) is 0 Å². The normalized spacial score (nSPS) is 19.8. The molecule has 0 saturated carbocycles. The molecule has 2 fully saturated rings. The Hall–Kier alpha value is -3.76. The Labute approximate surface area is 214 Å². The lowest BCUT2D eigenvalue weighted by molar-refractivity contribution is -0.109. The topological polar surface area (TPSA) is 96.3 Å². The van der Waals surface area contributed by atoms with Gasteiger partial charge in [0.25, 0.3) is 0 Å². The molecule has 0 amide bonds. The number of aldehydes is 1. The van der Waals surface area contributed by atoms with E-state index in [2.05, 4.69) is 21.0 Å². The van der Waals surface area contributed by atoms with Gasteiger partial charge in [0, 0.05) is 36.1 Å². The van der Waals surface area contributed by atoms with Gasteiger partial charge in [-0.3, -0.25) is 4.68 Å². The molecule has 3 N–H and O–H groups in total. The summed E-state index contributed by atoms with van der Waals surface area (Å²) in [7, 11) is 0. The zero-order valence-corrected chi connectivity index (χ0v) is 20.5. The minimum Gasteiger partial charge on any atom is -0.378 e. The van der Waals surface area contributed by atoms with Crippen molar-refractivity contribution < 1.29 is 13.9 Å². The number of benzene rings is 1. The van der Waals surface area contributed by atoms with Gasteiger partial charge in [0.05, 0.1) is 36.8 Å². The maximum Gasteiger partial charge on any atom is 0.148 e. The Morgan fingerprint density at radius 1 is 1.16 bits per heavy atom. The molecule has 9 nitrogen and oxygen atoms in total. The molecule has 0 radical (unpaired) electrons. The number of pyridine rings is 1. The average Bonchev–Trinajstić information content (AvgIpc) is 3.44. The van der Waals surface area contributed by atoms with Crippen LogP contribution in [0.2, 0.25) is 0 Å². The fourth-order valence-electron chi connectivity index (χ4n) is 5.24. The van der Waals surface area contributed by atoms with E-state index >= 15 is 4.39 Å². The number of hydrogen-bond acceptors (Lipinski definition) is 8. The van der Waals surface area contributed by atoms with Crippen LogP contribution in [-0.2, 0) is 9.53 Å². The van der Waals surface area contributed by atoms with Crippen LogP contribution in [0.3, 0.4) is 0 Å². The summed E-state index contributed by atoms with van der Waals surface area (Å²) in [5.74, 6) is 0.194. The molecule has 6 rings (SSSR count). The van der Waals surface area contributed by atoms with E-state index < -0.39 is 6.04 Å². The van der Waals surface area contributed by atoms with E-state index in [1.54, 1.807) is 12.3 Å². The molecule has 37 heavy (non-hydrogen) atoms. The Morgan fingerprint density at radius 2 is 2.00 bits per heavy atom. The standard InChI is InChI=1S/C27H30FN7O2/c28-22-14-20(1-2-25(22)34-9-11-37-12-10-34)32-27-26-18(3-8-30-24(26)17-36)13-23(33-27)19-15-31-35(16-19)21-4-6-29-7-5-21/h1-3,8,13-17,21,24,29-30H,4-7,9-12H2,(H,32,33). The van der Waals surface area contributed by atoms with Gasteiger partial charge in [0.2, 0.25) is 0 Å². The van der Waals surface area contributed by atoms with Crippen LogP contribution in [0.1, 0.15) is 36.1 Å². The number of rotatable bonds is 6. The highest BCUT2D eigenvalue weighted by Gasteiger charge is 2.24. The zero-order chi connectivity index (χ0) is 25.2. The second kappa shape index (κ2) is 10.3. The lowest BCUT2D eigenvalue weighted by atomic mass is 9.97. The highest BCUT2D eigenvalue weighted by molar-refractivity contribution is 5.80.